The van der Waals surface area contributed by atoms with Crippen LogP contribution >= 0.6 is 0 Å². The van der Waals surface area contributed by atoms with Crippen molar-refractivity contribution in [2.24, 2.45) is 5.73 Å². The molecule has 27 heavy (non-hydrogen) atoms. The van der Waals surface area contributed by atoms with Crippen LogP contribution in [0.4, 0.5) is 0 Å². The van der Waals surface area contributed by atoms with Gasteiger partial charge in [-0.25, -0.2) is 0 Å². The van der Waals surface area contributed by atoms with Crippen molar-refractivity contribution in [2.75, 3.05) is 26.7 Å². The Balaban J connectivity index is 1.42. The molecule has 0 aromatic carbocycles. The summed E-state index contributed by atoms with van der Waals surface area (Å²) < 4.78 is 5.95. The van der Waals surface area contributed by atoms with Crippen molar-refractivity contribution in [1.82, 2.24) is 14.8 Å². The average molecular weight is 374 g/mol. The summed E-state index contributed by atoms with van der Waals surface area (Å²) in [6.07, 6.45) is 8.50. The van der Waals surface area contributed by atoms with Crippen LogP contribution in [0.25, 0.3) is 0 Å². The highest BCUT2D eigenvalue weighted by Gasteiger charge is 2.26. The molecular formula is C20H30N4O3. The van der Waals surface area contributed by atoms with E-state index in [0.717, 1.165) is 38.9 Å². The van der Waals surface area contributed by atoms with Gasteiger partial charge < -0.3 is 20.3 Å². The van der Waals surface area contributed by atoms with Crippen LogP contribution in [0.2, 0.25) is 0 Å². The van der Waals surface area contributed by atoms with Gasteiger partial charge in [-0.05, 0) is 38.9 Å². The number of hydrogen-bond donors (Lipinski definition) is 1. The molecule has 7 nitrogen and oxygen atoms in total. The Labute approximate surface area is 160 Å². The van der Waals surface area contributed by atoms with E-state index < -0.39 is 5.91 Å². The van der Waals surface area contributed by atoms with Gasteiger partial charge in [0.2, 0.25) is 5.91 Å². The fourth-order valence-corrected chi connectivity index (χ4v) is 3.99. The van der Waals surface area contributed by atoms with Crippen LogP contribution in [-0.2, 0) is 4.79 Å². The third kappa shape index (κ3) is 5.42. The van der Waals surface area contributed by atoms with Gasteiger partial charge in [-0.3, -0.25) is 14.6 Å². The van der Waals surface area contributed by atoms with Gasteiger partial charge in [-0.15, -0.1) is 0 Å². The van der Waals surface area contributed by atoms with Gasteiger partial charge in [-0.1, -0.05) is 6.42 Å². The van der Waals surface area contributed by atoms with E-state index in [9.17, 15) is 9.59 Å². The molecule has 3 heterocycles. The normalized spacial score (nSPS) is 21.8. The number of piperidine rings is 2. The molecule has 0 spiro atoms. The summed E-state index contributed by atoms with van der Waals surface area (Å²) in [5.74, 6) is 0.292. The first kappa shape index (κ1) is 19.6. The Bertz CT molecular complexity index is 658. The van der Waals surface area contributed by atoms with E-state index in [-0.39, 0.29) is 17.7 Å². The van der Waals surface area contributed by atoms with Crippen LogP contribution in [0.5, 0.6) is 5.75 Å². The maximum atomic E-state index is 12.5. The number of pyridine rings is 1. The molecule has 2 amide bonds. The van der Waals surface area contributed by atoms with Crippen LogP contribution in [-0.4, -0.2) is 65.4 Å². The first-order valence-electron chi connectivity index (χ1n) is 9.93. The molecule has 3 rings (SSSR count). The maximum Gasteiger partial charge on any atom is 0.267 e. The molecule has 1 atom stereocenters. The Morgan fingerprint density at radius 3 is 2.70 bits per heavy atom. The lowest BCUT2D eigenvalue weighted by molar-refractivity contribution is -0.133. The molecule has 2 N–H and O–H groups in total. The molecule has 1 aromatic rings. The summed E-state index contributed by atoms with van der Waals surface area (Å²) in [5.41, 5.74) is 5.46. The summed E-state index contributed by atoms with van der Waals surface area (Å²) in [6, 6.07) is 3.85. The highest BCUT2D eigenvalue weighted by molar-refractivity contribution is 5.91. The van der Waals surface area contributed by atoms with Crippen molar-refractivity contribution < 1.29 is 14.3 Å². The lowest BCUT2D eigenvalue weighted by Crippen LogP contribution is -2.43. The van der Waals surface area contributed by atoms with Crippen molar-refractivity contribution >= 4 is 11.8 Å². The number of nitrogens with zero attached hydrogens (tertiary/aromatic N) is 3. The van der Waals surface area contributed by atoms with E-state index in [0.29, 0.717) is 18.2 Å². The van der Waals surface area contributed by atoms with E-state index in [4.69, 9.17) is 10.5 Å². The van der Waals surface area contributed by atoms with E-state index in [1.54, 1.807) is 12.1 Å². The van der Waals surface area contributed by atoms with Crippen molar-refractivity contribution in [1.29, 1.82) is 0 Å². The third-order valence-corrected chi connectivity index (χ3v) is 5.69. The van der Waals surface area contributed by atoms with Crippen molar-refractivity contribution in [3.05, 3.63) is 24.0 Å². The van der Waals surface area contributed by atoms with Gasteiger partial charge in [-0.2, -0.15) is 0 Å². The minimum atomic E-state index is -0.565. The standard InChI is InChI=1S/C20H30N4O3/c1-23-11-3-2-4-15(23)5-6-19(25)24-12-8-16(9-13-24)27-17-7-10-22-18(14-17)20(21)26/h7,10,14-16H,2-6,8-9,11-13H2,1H3,(H2,21,26). The van der Waals surface area contributed by atoms with Crippen LogP contribution in [0.3, 0.4) is 0 Å². The topological polar surface area (TPSA) is 88.8 Å². The second-order valence-corrected chi connectivity index (χ2v) is 7.61. The minimum Gasteiger partial charge on any atom is -0.490 e. The van der Waals surface area contributed by atoms with Gasteiger partial charge in [0, 0.05) is 50.7 Å². The van der Waals surface area contributed by atoms with Crippen molar-refractivity contribution in [3.8, 4) is 5.75 Å². The molecule has 0 bridgehead atoms. The monoisotopic (exact) mass is 374 g/mol. The quantitative estimate of drug-likeness (QED) is 0.820. The number of ether oxygens (including phenoxy) is 1. The molecule has 1 unspecified atom stereocenters. The van der Waals surface area contributed by atoms with E-state index >= 15 is 0 Å². The lowest BCUT2D eigenvalue weighted by atomic mass is 9.98. The van der Waals surface area contributed by atoms with Crippen molar-refractivity contribution in [2.45, 2.75) is 57.1 Å². The predicted octanol–water partition coefficient (Wildman–Crippen LogP) is 1.81. The fraction of sp³-hybridized carbons (Fsp3) is 0.650. The second kappa shape index (κ2) is 9.17. The van der Waals surface area contributed by atoms with Crippen LogP contribution in [0, 0.1) is 0 Å². The molecule has 2 fully saturated rings. The number of nitrogens with two attached hydrogens (primary N) is 1. The Hall–Kier alpha value is -2.15. The lowest BCUT2D eigenvalue weighted by Gasteiger charge is -2.34. The number of carbonyl (C=O) groups is 2. The summed E-state index contributed by atoms with van der Waals surface area (Å²) in [5, 5.41) is 0. The molecule has 0 saturated carbocycles. The van der Waals surface area contributed by atoms with Gasteiger partial charge in [0.25, 0.3) is 5.91 Å². The summed E-state index contributed by atoms with van der Waals surface area (Å²) >= 11 is 0. The number of amides is 2. The fourth-order valence-electron chi connectivity index (χ4n) is 3.99. The largest absolute Gasteiger partial charge is 0.490 e. The average Bonchev–Trinajstić information content (AvgIpc) is 2.68. The van der Waals surface area contributed by atoms with E-state index in [2.05, 4.69) is 16.9 Å². The van der Waals surface area contributed by atoms with Crippen molar-refractivity contribution in [3.63, 3.8) is 0 Å². The zero-order valence-corrected chi connectivity index (χ0v) is 16.1. The predicted molar refractivity (Wildman–Crippen MR) is 102 cm³/mol. The summed E-state index contributed by atoms with van der Waals surface area (Å²) in [7, 11) is 2.17. The summed E-state index contributed by atoms with van der Waals surface area (Å²) in [4.78, 5) is 32.0. The van der Waals surface area contributed by atoms with Gasteiger partial charge in [0.1, 0.15) is 17.5 Å². The van der Waals surface area contributed by atoms with E-state index in [1.807, 2.05) is 4.90 Å². The van der Waals surface area contributed by atoms with Crippen LogP contribution < -0.4 is 10.5 Å². The number of hydrogen-bond acceptors (Lipinski definition) is 5. The first-order chi connectivity index (χ1) is 13.0. The molecular weight excluding hydrogens is 344 g/mol. The zero-order chi connectivity index (χ0) is 19.2. The first-order valence-corrected chi connectivity index (χ1v) is 9.93. The minimum absolute atomic E-state index is 0.0432. The summed E-state index contributed by atoms with van der Waals surface area (Å²) in [6.45, 7) is 2.59. The molecule has 1 aromatic heterocycles. The zero-order valence-electron chi connectivity index (χ0n) is 16.1. The Morgan fingerprint density at radius 1 is 1.22 bits per heavy atom. The van der Waals surface area contributed by atoms with Gasteiger partial charge in [0.15, 0.2) is 0 Å². The van der Waals surface area contributed by atoms with Gasteiger partial charge in [0.05, 0.1) is 0 Å². The molecule has 2 aliphatic heterocycles. The number of primary amides is 1. The molecule has 148 valence electrons. The molecule has 2 aliphatic rings. The SMILES string of the molecule is CN1CCCCC1CCC(=O)N1CCC(Oc2ccnc(C(N)=O)c2)CC1. The smallest absolute Gasteiger partial charge is 0.267 e. The number of aromatic nitrogens is 1. The highest BCUT2D eigenvalue weighted by Crippen LogP contribution is 2.22. The molecule has 0 radical (unpaired) electrons. The number of carbonyl (C=O) groups excluding carboxylic acids is 2. The number of likely N-dealkylation sites (tertiary alicyclic amines) is 2. The Morgan fingerprint density at radius 2 is 2.00 bits per heavy atom. The highest BCUT2D eigenvalue weighted by atomic mass is 16.5. The van der Waals surface area contributed by atoms with Gasteiger partial charge >= 0.3 is 0 Å². The van der Waals surface area contributed by atoms with Crippen LogP contribution in [0.15, 0.2) is 18.3 Å². The molecule has 2 saturated heterocycles. The molecule has 7 heteroatoms. The maximum absolute atomic E-state index is 12.5. The second-order valence-electron chi connectivity index (χ2n) is 7.61. The number of rotatable bonds is 6. The molecule has 0 aliphatic carbocycles. The Kier molecular flexibility index (Phi) is 6.66. The van der Waals surface area contributed by atoms with E-state index in [1.165, 1.54) is 25.5 Å². The van der Waals surface area contributed by atoms with Crippen LogP contribution in [0.1, 0.15) is 55.4 Å². The third-order valence-electron chi connectivity index (χ3n) is 5.69.